The second-order valence-corrected chi connectivity index (χ2v) is 5.67. The van der Waals surface area contributed by atoms with Crippen LogP contribution in [0.4, 0.5) is 18.9 Å². The molecular formula is C15H9BrF3N3O. The fraction of sp³-hybridized carbons (Fsp3) is 0.0667. The molecule has 0 unspecified atom stereocenters. The van der Waals surface area contributed by atoms with E-state index in [1.807, 2.05) is 0 Å². The lowest BCUT2D eigenvalue weighted by Gasteiger charge is -2.06. The van der Waals surface area contributed by atoms with E-state index in [1.54, 1.807) is 24.3 Å². The smallest absolute Gasteiger partial charge is 0.334 e. The van der Waals surface area contributed by atoms with Crippen molar-refractivity contribution >= 4 is 38.6 Å². The minimum atomic E-state index is -4.58. The Balaban J connectivity index is 1.97. The number of aromatic amines is 1. The second kappa shape index (κ2) is 5.69. The average molecular weight is 384 g/mol. The molecule has 23 heavy (non-hydrogen) atoms. The van der Waals surface area contributed by atoms with Crippen LogP contribution in [0.3, 0.4) is 0 Å². The van der Waals surface area contributed by atoms with Crippen LogP contribution >= 0.6 is 15.9 Å². The number of nitrogens with zero attached hydrogens (tertiary/aromatic N) is 1. The third-order valence-corrected chi connectivity index (χ3v) is 3.61. The van der Waals surface area contributed by atoms with Crippen LogP contribution in [-0.4, -0.2) is 15.9 Å². The van der Waals surface area contributed by atoms with Crippen LogP contribution in [0.15, 0.2) is 46.9 Å². The molecule has 1 amide bonds. The predicted molar refractivity (Wildman–Crippen MR) is 83.2 cm³/mol. The van der Waals surface area contributed by atoms with Crippen LogP contribution in [0.1, 0.15) is 16.2 Å². The maximum atomic E-state index is 12.7. The number of hydrogen-bond donors (Lipinski definition) is 2. The summed E-state index contributed by atoms with van der Waals surface area (Å²) >= 11 is 3.26. The number of benzene rings is 2. The second-order valence-electron chi connectivity index (χ2n) is 4.75. The van der Waals surface area contributed by atoms with Gasteiger partial charge in [0.25, 0.3) is 5.91 Å². The molecule has 0 fully saturated rings. The number of para-hydroxylation sites is 1. The molecule has 0 aliphatic carbocycles. The summed E-state index contributed by atoms with van der Waals surface area (Å²) in [5.74, 6) is -1.54. The first-order chi connectivity index (χ1) is 10.8. The molecule has 0 spiro atoms. The number of carbonyl (C=O) groups is 1. The van der Waals surface area contributed by atoms with Crippen LogP contribution in [0.25, 0.3) is 11.0 Å². The zero-order valence-electron chi connectivity index (χ0n) is 11.4. The molecular weight excluding hydrogens is 375 g/mol. The number of amides is 1. The number of H-pyrrole nitrogens is 1. The molecule has 0 saturated heterocycles. The van der Waals surface area contributed by atoms with Crippen molar-refractivity contribution in [2.45, 2.75) is 6.18 Å². The van der Waals surface area contributed by atoms with Crippen molar-refractivity contribution in [2.24, 2.45) is 0 Å². The first-order valence-electron chi connectivity index (χ1n) is 6.47. The highest BCUT2D eigenvalue weighted by atomic mass is 79.9. The Bertz CT molecular complexity index is 889. The fourth-order valence-corrected chi connectivity index (χ4v) is 2.49. The van der Waals surface area contributed by atoms with Gasteiger partial charge in [0, 0.05) is 10.0 Å². The predicted octanol–water partition coefficient (Wildman–Crippen LogP) is 4.60. The summed E-state index contributed by atoms with van der Waals surface area (Å²) in [6, 6.07) is 11.2. The van der Waals surface area contributed by atoms with E-state index < -0.39 is 17.9 Å². The molecule has 2 aromatic carbocycles. The van der Waals surface area contributed by atoms with Crippen LogP contribution < -0.4 is 5.32 Å². The quantitative estimate of drug-likeness (QED) is 0.679. The van der Waals surface area contributed by atoms with Gasteiger partial charge in [0.2, 0.25) is 5.82 Å². The standard InChI is InChI=1S/C15H9BrF3N3O/c16-9-4-1-3-8(7-9)13(23)20-10-5-2-6-11-12(10)22-14(21-11)15(17,18)19/h1-7H,(H,20,23)(H,21,22). The molecule has 0 saturated carbocycles. The normalized spacial score (nSPS) is 11.7. The van der Waals surface area contributed by atoms with Crippen LogP contribution in [-0.2, 0) is 6.18 Å². The zero-order valence-corrected chi connectivity index (χ0v) is 13.0. The maximum absolute atomic E-state index is 12.7. The van der Waals surface area contributed by atoms with Crippen molar-refractivity contribution in [3.63, 3.8) is 0 Å². The minimum absolute atomic E-state index is 0.0585. The van der Waals surface area contributed by atoms with Gasteiger partial charge in [-0.3, -0.25) is 4.79 Å². The number of alkyl halides is 3. The summed E-state index contributed by atoms with van der Waals surface area (Å²) < 4.78 is 39.0. The Morgan fingerprint density at radius 3 is 2.61 bits per heavy atom. The van der Waals surface area contributed by atoms with Crippen molar-refractivity contribution in [1.82, 2.24) is 9.97 Å². The number of fused-ring (bicyclic) bond motifs is 1. The number of hydrogen-bond acceptors (Lipinski definition) is 2. The number of rotatable bonds is 2. The first kappa shape index (κ1) is 15.5. The Hall–Kier alpha value is -2.35. The van der Waals surface area contributed by atoms with Crippen molar-refractivity contribution in [1.29, 1.82) is 0 Å². The molecule has 4 nitrogen and oxygen atoms in total. The lowest BCUT2D eigenvalue weighted by Crippen LogP contribution is -2.12. The number of halogens is 4. The maximum Gasteiger partial charge on any atom is 0.449 e. The summed E-state index contributed by atoms with van der Waals surface area (Å²) in [5, 5.41) is 2.58. The van der Waals surface area contributed by atoms with Gasteiger partial charge in [-0.1, -0.05) is 28.1 Å². The third kappa shape index (κ3) is 3.21. The van der Waals surface area contributed by atoms with Gasteiger partial charge in [-0.2, -0.15) is 13.2 Å². The molecule has 0 aliphatic rings. The van der Waals surface area contributed by atoms with Gasteiger partial charge < -0.3 is 10.3 Å². The number of carbonyl (C=O) groups excluding carboxylic acids is 1. The summed E-state index contributed by atoms with van der Waals surface area (Å²) in [5.41, 5.74) is 0.842. The average Bonchev–Trinajstić information content (AvgIpc) is 2.92. The van der Waals surface area contributed by atoms with Crippen LogP contribution in [0.2, 0.25) is 0 Å². The largest absolute Gasteiger partial charge is 0.449 e. The van der Waals surface area contributed by atoms with Gasteiger partial charge in [0.15, 0.2) is 0 Å². The number of nitrogens with one attached hydrogen (secondary N) is 2. The van der Waals surface area contributed by atoms with Crippen molar-refractivity contribution in [2.75, 3.05) is 5.32 Å². The number of anilines is 1. The Kier molecular flexibility index (Phi) is 3.85. The zero-order chi connectivity index (χ0) is 16.6. The highest BCUT2D eigenvalue weighted by molar-refractivity contribution is 9.10. The highest BCUT2D eigenvalue weighted by Gasteiger charge is 2.35. The van der Waals surface area contributed by atoms with Crippen molar-refractivity contribution in [3.05, 3.63) is 58.3 Å². The summed E-state index contributed by atoms with van der Waals surface area (Å²) in [4.78, 5) is 18.0. The summed E-state index contributed by atoms with van der Waals surface area (Å²) in [6.45, 7) is 0. The Morgan fingerprint density at radius 1 is 1.17 bits per heavy atom. The number of imidazole rings is 1. The lowest BCUT2D eigenvalue weighted by atomic mass is 10.2. The van der Waals surface area contributed by atoms with Crippen molar-refractivity contribution < 1.29 is 18.0 Å². The molecule has 1 aromatic heterocycles. The SMILES string of the molecule is O=C(Nc1cccc2[nH]c(C(F)(F)F)nc12)c1cccc(Br)c1. The Morgan fingerprint density at radius 2 is 1.91 bits per heavy atom. The summed E-state index contributed by atoms with van der Waals surface area (Å²) in [6.07, 6.45) is -4.58. The molecule has 0 aliphatic heterocycles. The lowest BCUT2D eigenvalue weighted by molar-refractivity contribution is -0.144. The molecule has 3 rings (SSSR count). The van der Waals surface area contributed by atoms with E-state index in [4.69, 9.17) is 0 Å². The van der Waals surface area contributed by atoms with Crippen molar-refractivity contribution in [3.8, 4) is 0 Å². The van der Waals surface area contributed by atoms with Gasteiger partial charge in [0.05, 0.1) is 11.2 Å². The van der Waals surface area contributed by atoms with E-state index in [0.717, 1.165) is 4.47 Å². The molecule has 0 radical (unpaired) electrons. The monoisotopic (exact) mass is 383 g/mol. The first-order valence-corrected chi connectivity index (χ1v) is 7.27. The van der Waals surface area contributed by atoms with E-state index in [9.17, 15) is 18.0 Å². The topological polar surface area (TPSA) is 57.8 Å². The minimum Gasteiger partial charge on any atom is -0.334 e. The molecule has 118 valence electrons. The van der Waals surface area contributed by atoms with Gasteiger partial charge in [-0.15, -0.1) is 0 Å². The van der Waals surface area contributed by atoms with Crippen LogP contribution in [0.5, 0.6) is 0 Å². The third-order valence-electron chi connectivity index (χ3n) is 3.12. The Labute approximate surface area is 136 Å². The molecule has 2 N–H and O–H groups in total. The molecule has 8 heteroatoms. The van der Waals surface area contributed by atoms with E-state index >= 15 is 0 Å². The van der Waals surface area contributed by atoms with Gasteiger partial charge in [0.1, 0.15) is 5.52 Å². The molecule has 1 heterocycles. The molecule has 0 atom stereocenters. The molecule has 0 bridgehead atoms. The van der Waals surface area contributed by atoms with Gasteiger partial charge in [-0.25, -0.2) is 4.98 Å². The summed E-state index contributed by atoms with van der Waals surface area (Å²) in [7, 11) is 0. The molecule has 3 aromatic rings. The van der Waals surface area contributed by atoms with E-state index in [0.29, 0.717) is 5.56 Å². The van der Waals surface area contributed by atoms with Gasteiger partial charge in [-0.05, 0) is 30.3 Å². The van der Waals surface area contributed by atoms with E-state index in [-0.39, 0.29) is 16.7 Å². The fourth-order valence-electron chi connectivity index (χ4n) is 2.09. The number of aromatic nitrogens is 2. The highest BCUT2D eigenvalue weighted by Crippen LogP contribution is 2.31. The van der Waals surface area contributed by atoms with Gasteiger partial charge >= 0.3 is 6.18 Å². The van der Waals surface area contributed by atoms with Crippen LogP contribution in [0, 0.1) is 0 Å². The van der Waals surface area contributed by atoms with E-state index in [1.165, 1.54) is 18.2 Å². The van der Waals surface area contributed by atoms with E-state index in [2.05, 4.69) is 31.2 Å².